The number of fused-ring (bicyclic) bond motifs is 1. The van der Waals surface area contributed by atoms with E-state index in [-0.39, 0.29) is 6.61 Å². The molecule has 9 heteroatoms. The van der Waals surface area contributed by atoms with Crippen molar-refractivity contribution in [1.29, 1.82) is 0 Å². The summed E-state index contributed by atoms with van der Waals surface area (Å²) in [6.07, 6.45) is 0.821. The lowest BCUT2D eigenvalue weighted by Crippen LogP contribution is -2.33. The number of nitrogens with zero attached hydrogens (tertiary/aromatic N) is 4. The van der Waals surface area contributed by atoms with Gasteiger partial charge in [0.15, 0.2) is 11.9 Å². The van der Waals surface area contributed by atoms with Crippen LogP contribution in [0, 0.1) is 0 Å². The second-order valence-electron chi connectivity index (χ2n) is 4.44. The van der Waals surface area contributed by atoms with Crippen LogP contribution < -0.4 is 0 Å². The topological polar surface area (TPSA) is 114 Å². The van der Waals surface area contributed by atoms with E-state index in [0.29, 0.717) is 16.2 Å². The van der Waals surface area contributed by atoms with Gasteiger partial charge in [0, 0.05) is 0 Å². The van der Waals surface area contributed by atoms with Gasteiger partial charge in [0.2, 0.25) is 0 Å². The number of aromatic nitrogens is 4. The molecule has 0 unspecified atom stereocenters. The zero-order valence-corrected chi connectivity index (χ0v) is 11.4. The van der Waals surface area contributed by atoms with Gasteiger partial charge >= 0.3 is 0 Å². The molecule has 0 radical (unpaired) electrons. The van der Waals surface area contributed by atoms with E-state index in [2.05, 4.69) is 15.0 Å². The smallest absolute Gasteiger partial charge is 0.182 e. The van der Waals surface area contributed by atoms with Crippen molar-refractivity contribution in [2.45, 2.75) is 29.6 Å². The zero-order valence-electron chi connectivity index (χ0n) is 10.6. The van der Waals surface area contributed by atoms with Crippen LogP contribution in [0.2, 0.25) is 0 Å². The normalized spacial score (nSPS) is 30.2. The van der Waals surface area contributed by atoms with Gasteiger partial charge in [0.1, 0.15) is 35.2 Å². The van der Waals surface area contributed by atoms with Crippen LogP contribution in [0.1, 0.15) is 6.23 Å². The molecule has 3 N–H and O–H groups in total. The van der Waals surface area contributed by atoms with E-state index in [1.54, 1.807) is 4.57 Å². The van der Waals surface area contributed by atoms with Crippen LogP contribution in [0.25, 0.3) is 11.2 Å². The molecular weight excluding hydrogens is 284 g/mol. The molecule has 20 heavy (non-hydrogen) atoms. The Morgan fingerprint density at radius 3 is 2.75 bits per heavy atom. The van der Waals surface area contributed by atoms with Crippen molar-refractivity contribution in [3.8, 4) is 0 Å². The number of rotatable bonds is 3. The fraction of sp³-hybridized carbons (Fsp3) is 0.545. The van der Waals surface area contributed by atoms with E-state index in [0.717, 1.165) is 0 Å². The van der Waals surface area contributed by atoms with Crippen molar-refractivity contribution in [3.05, 3.63) is 12.7 Å². The van der Waals surface area contributed by atoms with Crippen LogP contribution in [0.5, 0.6) is 0 Å². The van der Waals surface area contributed by atoms with E-state index < -0.39 is 24.5 Å². The number of aliphatic hydroxyl groups is 3. The molecule has 0 bridgehead atoms. The summed E-state index contributed by atoms with van der Waals surface area (Å²) < 4.78 is 7.08. The molecule has 0 saturated carbocycles. The second kappa shape index (κ2) is 5.26. The molecule has 1 saturated heterocycles. The van der Waals surface area contributed by atoms with Crippen LogP contribution >= 0.6 is 11.8 Å². The SMILES string of the molecule is CSc1ncnc2ncn([C@H]3O[C@@H](CO)[C@@H](O)[C@H]3O)c12. The summed E-state index contributed by atoms with van der Waals surface area (Å²) >= 11 is 1.42. The van der Waals surface area contributed by atoms with E-state index >= 15 is 0 Å². The van der Waals surface area contributed by atoms with Crippen LogP contribution in [-0.4, -0.2) is 66.0 Å². The fourth-order valence-corrected chi connectivity index (χ4v) is 2.84. The molecule has 4 atom stereocenters. The molecule has 1 aliphatic rings. The zero-order chi connectivity index (χ0) is 14.3. The summed E-state index contributed by atoms with van der Waals surface area (Å²) in [5.74, 6) is 0. The minimum Gasteiger partial charge on any atom is -0.394 e. The molecule has 3 rings (SSSR count). The molecule has 0 amide bonds. The van der Waals surface area contributed by atoms with Crippen molar-refractivity contribution in [2.75, 3.05) is 12.9 Å². The number of hydrogen-bond donors (Lipinski definition) is 3. The molecule has 2 aromatic rings. The Hall–Kier alpha value is -1.26. The van der Waals surface area contributed by atoms with Crippen molar-refractivity contribution >= 4 is 22.9 Å². The Morgan fingerprint density at radius 2 is 2.10 bits per heavy atom. The molecule has 1 aliphatic heterocycles. The van der Waals surface area contributed by atoms with Crippen molar-refractivity contribution in [3.63, 3.8) is 0 Å². The third kappa shape index (κ3) is 1.98. The third-order valence-corrected chi connectivity index (χ3v) is 4.00. The number of imidazole rings is 1. The van der Waals surface area contributed by atoms with Gasteiger partial charge in [-0.1, -0.05) is 0 Å². The van der Waals surface area contributed by atoms with Crippen molar-refractivity contribution < 1.29 is 20.1 Å². The first kappa shape index (κ1) is 13.7. The van der Waals surface area contributed by atoms with Gasteiger partial charge in [-0.2, -0.15) is 0 Å². The quantitative estimate of drug-likeness (QED) is 0.496. The summed E-state index contributed by atoms with van der Waals surface area (Å²) in [6.45, 7) is -0.368. The number of hydrogen-bond acceptors (Lipinski definition) is 8. The van der Waals surface area contributed by atoms with Crippen molar-refractivity contribution in [2.24, 2.45) is 0 Å². The number of thioether (sulfide) groups is 1. The Bertz CT molecular complexity index is 621. The van der Waals surface area contributed by atoms with Gasteiger partial charge < -0.3 is 20.1 Å². The number of aliphatic hydroxyl groups excluding tert-OH is 3. The molecule has 1 fully saturated rings. The van der Waals surface area contributed by atoms with Gasteiger partial charge in [0.05, 0.1) is 12.9 Å². The highest BCUT2D eigenvalue weighted by Crippen LogP contribution is 2.33. The summed E-state index contributed by atoms with van der Waals surface area (Å²) in [5, 5.41) is 29.7. The van der Waals surface area contributed by atoms with Crippen LogP contribution in [0.3, 0.4) is 0 Å². The maximum atomic E-state index is 10.1. The highest BCUT2D eigenvalue weighted by Gasteiger charge is 2.44. The molecule has 108 valence electrons. The molecule has 8 nitrogen and oxygen atoms in total. The maximum Gasteiger partial charge on any atom is 0.182 e. The molecule has 3 heterocycles. The largest absolute Gasteiger partial charge is 0.394 e. The predicted molar refractivity (Wildman–Crippen MR) is 70.1 cm³/mol. The van der Waals surface area contributed by atoms with E-state index in [1.807, 2.05) is 6.26 Å². The van der Waals surface area contributed by atoms with Gasteiger partial charge in [-0.05, 0) is 6.26 Å². The summed E-state index contributed by atoms with van der Waals surface area (Å²) in [5.41, 5.74) is 1.12. The van der Waals surface area contributed by atoms with Crippen molar-refractivity contribution in [1.82, 2.24) is 19.5 Å². The highest BCUT2D eigenvalue weighted by molar-refractivity contribution is 7.98. The molecular formula is C11H14N4O4S. The average molecular weight is 298 g/mol. The van der Waals surface area contributed by atoms with E-state index in [4.69, 9.17) is 9.84 Å². The van der Waals surface area contributed by atoms with Gasteiger partial charge in [-0.3, -0.25) is 4.57 Å². The summed E-state index contributed by atoms with van der Waals surface area (Å²) in [7, 11) is 0. The molecule has 0 spiro atoms. The summed E-state index contributed by atoms with van der Waals surface area (Å²) in [6, 6.07) is 0. The fourth-order valence-electron chi connectivity index (χ4n) is 2.30. The predicted octanol–water partition coefficient (Wildman–Crippen LogP) is -0.840. The first-order chi connectivity index (χ1) is 9.67. The molecule has 0 aromatic carbocycles. The summed E-state index contributed by atoms with van der Waals surface area (Å²) in [4.78, 5) is 12.4. The first-order valence-electron chi connectivity index (χ1n) is 6.01. The molecule has 2 aromatic heterocycles. The average Bonchev–Trinajstić information content (AvgIpc) is 3.01. The van der Waals surface area contributed by atoms with Gasteiger partial charge in [0.25, 0.3) is 0 Å². The highest BCUT2D eigenvalue weighted by atomic mass is 32.2. The lowest BCUT2D eigenvalue weighted by Gasteiger charge is -2.17. The van der Waals surface area contributed by atoms with Crippen LogP contribution in [-0.2, 0) is 4.74 Å². The van der Waals surface area contributed by atoms with Gasteiger partial charge in [-0.15, -0.1) is 11.8 Å². The Kier molecular flexibility index (Phi) is 3.61. The van der Waals surface area contributed by atoms with Gasteiger partial charge in [-0.25, -0.2) is 15.0 Å². The standard InChI is InChI=1S/C11H14N4O4S/c1-20-10-6-9(12-3-13-10)14-4-15(6)11-8(18)7(17)5(2-16)19-11/h3-5,7-8,11,16-18H,2H2,1H3/t5-,7+,8+,11-/m0/s1. The van der Waals surface area contributed by atoms with E-state index in [1.165, 1.54) is 24.4 Å². The Morgan fingerprint density at radius 1 is 1.30 bits per heavy atom. The lowest BCUT2D eigenvalue weighted by molar-refractivity contribution is -0.0510. The maximum absolute atomic E-state index is 10.1. The van der Waals surface area contributed by atoms with Crippen LogP contribution in [0.4, 0.5) is 0 Å². The minimum absolute atomic E-state index is 0.368. The Labute approximate surface area is 118 Å². The Balaban J connectivity index is 2.07. The van der Waals surface area contributed by atoms with Crippen LogP contribution in [0.15, 0.2) is 17.7 Å². The number of ether oxygens (including phenoxy) is 1. The lowest BCUT2D eigenvalue weighted by atomic mass is 10.1. The monoisotopic (exact) mass is 298 g/mol. The first-order valence-corrected chi connectivity index (χ1v) is 7.23. The molecule has 0 aliphatic carbocycles. The van der Waals surface area contributed by atoms with E-state index in [9.17, 15) is 10.2 Å². The third-order valence-electron chi connectivity index (χ3n) is 3.32. The second-order valence-corrected chi connectivity index (χ2v) is 5.23. The minimum atomic E-state index is -1.15.